The largest absolute Gasteiger partial charge is 0.323 e. The number of nitrogens with one attached hydrogen (secondary N) is 2. The van der Waals surface area contributed by atoms with Gasteiger partial charge in [0.05, 0.1) is 4.90 Å². The number of hydrogen-bond acceptors (Lipinski definition) is 4. The molecule has 0 amide bonds. The molecule has 39 heavy (non-hydrogen) atoms. The van der Waals surface area contributed by atoms with Crippen LogP contribution in [0.15, 0.2) is 126 Å². The Balaban J connectivity index is 0.000000590. The molecule has 4 nitrogen and oxygen atoms in total. The predicted molar refractivity (Wildman–Crippen MR) is 167 cm³/mol. The fourth-order valence-corrected chi connectivity index (χ4v) is 5.52. The van der Waals surface area contributed by atoms with E-state index in [-0.39, 0.29) is 0 Å². The summed E-state index contributed by atoms with van der Waals surface area (Å²) in [5.74, 6) is 0. The Morgan fingerprint density at radius 2 is 1.10 bits per heavy atom. The zero-order valence-corrected chi connectivity index (χ0v) is 24.6. The lowest BCUT2D eigenvalue weighted by atomic mass is 9.96. The molecule has 0 fully saturated rings. The third kappa shape index (κ3) is 9.95. The van der Waals surface area contributed by atoms with Crippen molar-refractivity contribution < 1.29 is 8.42 Å². The highest BCUT2D eigenvalue weighted by molar-refractivity contribution is 7.91. The van der Waals surface area contributed by atoms with E-state index in [0.29, 0.717) is 4.90 Å². The van der Waals surface area contributed by atoms with E-state index in [2.05, 4.69) is 24.5 Å². The standard InChI is InChI=1S/C28H24O2S.C4H11N.C2H7N/c1-22-17-19-26(20-18-22)31(29,30)28(25-15-9-4-10-16-25)21-27(23-11-5-2-6-12-23)24-13-7-3-8-14-24;1-3-5-4-2;1-3-2/h2-21,28H,1H3;5H,3-4H2,1-2H3;3H,1-2H3. The van der Waals surface area contributed by atoms with Crippen LogP contribution in [-0.4, -0.2) is 35.6 Å². The summed E-state index contributed by atoms with van der Waals surface area (Å²) in [7, 11) is 0.0917. The molecule has 2 N–H and O–H groups in total. The van der Waals surface area contributed by atoms with Gasteiger partial charge in [-0.3, -0.25) is 0 Å². The van der Waals surface area contributed by atoms with Gasteiger partial charge in [-0.2, -0.15) is 0 Å². The van der Waals surface area contributed by atoms with E-state index in [9.17, 15) is 8.42 Å². The molecule has 0 aliphatic carbocycles. The average molecular weight is 543 g/mol. The molecule has 4 rings (SSSR count). The predicted octanol–water partition coefficient (Wildman–Crippen LogP) is 7.09. The summed E-state index contributed by atoms with van der Waals surface area (Å²) >= 11 is 0. The van der Waals surface area contributed by atoms with Crippen LogP contribution in [0.5, 0.6) is 0 Å². The second kappa shape index (κ2) is 17.2. The fraction of sp³-hybridized carbons (Fsp3) is 0.235. The van der Waals surface area contributed by atoms with Crippen molar-refractivity contribution in [1.29, 1.82) is 0 Å². The molecule has 0 spiro atoms. The van der Waals surface area contributed by atoms with E-state index in [0.717, 1.165) is 40.9 Å². The third-order valence-electron chi connectivity index (χ3n) is 5.80. The Hall–Kier alpha value is -3.51. The highest BCUT2D eigenvalue weighted by Crippen LogP contribution is 2.35. The molecule has 0 saturated heterocycles. The van der Waals surface area contributed by atoms with Gasteiger partial charge in [0.1, 0.15) is 5.25 Å². The van der Waals surface area contributed by atoms with E-state index in [1.807, 2.05) is 130 Å². The highest BCUT2D eigenvalue weighted by Gasteiger charge is 2.28. The molecule has 4 aromatic carbocycles. The van der Waals surface area contributed by atoms with Crippen molar-refractivity contribution in [3.63, 3.8) is 0 Å². The lowest BCUT2D eigenvalue weighted by Crippen LogP contribution is -2.13. The van der Waals surface area contributed by atoms with Crippen LogP contribution in [-0.2, 0) is 9.84 Å². The first-order valence-corrected chi connectivity index (χ1v) is 14.9. The third-order valence-corrected chi connectivity index (χ3v) is 7.81. The second-order valence-corrected chi connectivity index (χ2v) is 11.0. The number of sulfone groups is 1. The zero-order valence-electron chi connectivity index (χ0n) is 23.8. The first kappa shape index (κ1) is 31.7. The van der Waals surface area contributed by atoms with E-state index >= 15 is 0 Å². The van der Waals surface area contributed by atoms with Crippen LogP contribution in [0.4, 0.5) is 0 Å². The van der Waals surface area contributed by atoms with Gasteiger partial charge in [-0.1, -0.05) is 129 Å². The van der Waals surface area contributed by atoms with Crippen LogP contribution >= 0.6 is 0 Å². The summed E-state index contributed by atoms with van der Waals surface area (Å²) in [5, 5.41) is 5.05. The number of rotatable bonds is 8. The number of hydrogen-bond donors (Lipinski definition) is 2. The highest BCUT2D eigenvalue weighted by atomic mass is 32.2. The van der Waals surface area contributed by atoms with Gasteiger partial charge in [0.2, 0.25) is 0 Å². The van der Waals surface area contributed by atoms with Crippen molar-refractivity contribution in [3.05, 3.63) is 144 Å². The molecule has 0 heterocycles. The lowest BCUT2D eigenvalue weighted by molar-refractivity contribution is 0.590. The van der Waals surface area contributed by atoms with Crippen molar-refractivity contribution >= 4 is 15.4 Å². The normalized spacial score (nSPS) is 11.2. The maximum absolute atomic E-state index is 13.8. The molecule has 0 radical (unpaired) electrons. The maximum Gasteiger partial charge on any atom is 0.188 e. The summed E-state index contributed by atoms with van der Waals surface area (Å²) in [6, 6.07) is 36.3. The van der Waals surface area contributed by atoms with Gasteiger partial charge in [-0.05, 0) is 68.5 Å². The Labute approximate surface area is 235 Å². The van der Waals surface area contributed by atoms with Crippen LogP contribution in [0.25, 0.3) is 5.57 Å². The van der Waals surface area contributed by atoms with E-state index in [1.165, 1.54) is 0 Å². The molecule has 0 aliphatic rings. The minimum Gasteiger partial charge on any atom is -0.323 e. The summed E-state index contributed by atoms with van der Waals surface area (Å²) in [6.45, 7) is 8.34. The maximum atomic E-state index is 13.8. The quantitative estimate of drug-likeness (QED) is 0.249. The summed E-state index contributed by atoms with van der Waals surface area (Å²) < 4.78 is 27.6. The topological polar surface area (TPSA) is 58.2 Å². The Morgan fingerprint density at radius 1 is 0.692 bits per heavy atom. The minimum atomic E-state index is -3.66. The molecule has 1 unspecified atom stereocenters. The first-order chi connectivity index (χ1) is 18.9. The van der Waals surface area contributed by atoms with Crippen LogP contribution in [0.1, 0.15) is 41.4 Å². The van der Waals surface area contributed by atoms with Gasteiger partial charge in [0, 0.05) is 0 Å². The Bertz CT molecular complexity index is 1290. The summed E-state index contributed by atoms with van der Waals surface area (Å²) in [4.78, 5) is 0.323. The van der Waals surface area contributed by atoms with Crippen LogP contribution in [0, 0.1) is 6.92 Å². The van der Waals surface area contributed by atoms with Crippen molar-refractivity contribution in [2.75, 3.05) is 27.2 Å². The molecule has 0 bridgehead atoms. The number of benzene rings is 4. The molecule has 0 aliphatic heterocycles. The molecule has 5 heteroatoms. The summed E-state index contributed by atoms with van der Waals surface area (Å²) in [6.07, 6.45) is 1.88. The molecular formula is C34H42N2O2S. The van der Waals surface area contributed by atoms with Crippen molar-refractivity contribution in [3.8, 4) is 0 Å². The Morgan fingerprint density at radius 3 is 1.49 bits per heavy atom. The van der Waals surface area contributed by atoms with E-state index in [1.54, 1.807) is 12.1 Å². The molecule has 0 aromatic heterocycles. The van der Waals surface area contributed by atoms with Crippen LogP contribution in [0.3, 0.4) is 0 Å². The fourth-order valence-electron chi connectivity index (χ4n) is 3.88. The smallest absolute Gasteiger partial charge is 0.188 e. The molecule has 0 saturated carbocycles. The van der Waals surface area contributed by atoms with Gasteiger partial charge < -0.3 is 10.6 Å². The lowest BCUT2D eigenvalue weighted by Gasteiger charge is -2.18. The van der Waals surface area contributed by atoms with Crippen molar-refractivity contribution in [1.82, 2.24) is 10.6 Å². The van der Waals surface area contributed by atoms with E-state index < -0.39 is 15.1 Å². The zero-order chi connectivity index (χ0) is 28.5. The van der Waals surface area contributed by atoms with Crippen LogP contribution < -0.4 is 10.6 Å². The van der Waals surface area contributed by atoms with Gasteiger partial charge in [-0.15, -0.1) is 0 Å². The first-order valence-electron chi connectivity index (χ1n) is 13.4. The second-order valence-electron chi connectivity index (χ2n) is 8.96. The minimum absolute atomic E-state index is 0.323. The van der Waals surface area contributed by atoms with Gasteiger partial charge in [0.15, 0.2) is 9.84 Å². The molecule has 4 aromatic rings. The van der Waals surface area contributed by atoms with E-state index in [4.69, 9.17) is 0 Å². The van der Waals surface area contributed by atoms with Crippen molar-refractivity contribution in [2.45, 2.75) is 30.9 Å². The summed E-state index contributed by atoms with van der Waals surface area (Å²) in [5.41, 5.74) is 4.63. The Kier molecular flexibility index (Phi) is 13.9. The monoisotopic (exact) mass is 542 g/mol. The molecular weight excluding hydrogens is 500 g/mol. The molecule has 1 atom stereocenters. The average Bonchev–Trinajstić information content (AvgIpc) is 2.96. The van der Waals surface area contributed by atoms with Gasteiger partial charge >= 0.3 is 0 Å². The number of aryl methyl sites for hydroxylation is 1. The molecule has 206 valence electrons. The van der Waals surface area contributed by atoms with Crippen molar-refractivity contribution in [2.24, 2.45) is 0 Å². The van der Waals surface area contributed by atoms with Gasteiger partial charge in [0.25, 0.3) is 0 Å². The van der Waals surface area contributed by atoms with Gasteiger partial charge in [-0.25, -0.2) is 8.42 Å². The SMILES string of the molecule is CCNCC.CNC.Cc1ccc(S(=O)(=O)C(C=C(c2ccccc2)c2ccccc2)c2ccccc2)cc1. The van der Waals surface area contributed by atoms with Crippen LogP contribution in [0.2, 0.25) is 0 Å².